The molecule has 0 spiro atoms. The quantitative estimate of drug-likeness (QED) is 0.519. The van der Waals surface area contributed by atoms with Gasteiger partial charge >= 0.3 is 0 Å². The van der Waals surface area contributed by atoms with E-state index in [1.165, 1.54) is 0 Å². The van der Waals surface area contributed by atoms with Gasteiger partial charge in [-0.15, -0.1) is 0 Å². The lowest BCUT2D eigenvalue weighted by Gasteiger charge is -1.97. The van der Waals surface area contributed by atoms with Crippen molar-refractivity contribution in [2.45, 2.75) is 6.54 Å². The summed E-state index contributed by atoms with van der Waals surface area (Å²) in [5, 5.41) is 2.84. The van der Waals surface area contributed by atoms with E-state index in [4.69, 9.17) is 5.73 Å². The van der Waals surface area contributed by atoms with E-state index in [1.807, 2.05) is 0 Å². The lowest BCUT2D eigenvalue weighted by atomic mass is 10.4. The van der Waals surface area contributed by atoms with Gasteiger partial charge in [0.1, 0.15) is 0 Å². The number of H-pyrrole nitrogens is 1. The number of primary amides is 1. The smallest absolute Gasteiger partial charge is 0.231 e. The molecule has 4 N–H and O–H groups in total. The molecule has 0 fully saturated rings. The molecule has 5 heteroatoms. The van der Waals surface area contributed by atoms with Crippen molar-refractivity contribution in [3.05, 3.63) is 18.2 Å². The maximum atomic E-state index is 10.3. The van der Waals surface area contributed by atoms with Crippen molar-refractivity contribution in [2.24, 2.45) is 5.73 Å². The topological polar surface area (TPSA) is 83.8 Å². The Bertz CT molecular complexity index is 218. The summed E-state index contributed by atoms with van der Waals surface area (Å²) in [7, 11) is 0. The van der Waals surface area contributed by atoms with E-state index in [0.29, 0.717) is 6.54 Å². The van der Waals surface area contributed by atoms with Crippen LogP contribution in [0.1, 0.15) is 5.69 Å². The molecule has 0 atom stereocenters. The first-order valence-electron chi connectivity index (χ1n) is 3.25. The standard InChI is InChI=1S/C6H10N4O/c7-6(11)3-8-1-5-2-9-4-10-5/h2,4,8H,1,3H2,(H2,7,11)(H,9,10). The Morgan fingerprint density at radius 2 is 2.64 bits per heavy atom. The van der Waals surface area contributed by atoms with Crippen LogP contribution >= 0.6 is 0 Å². The van der Waals surface area contributed by atoms with Gasteiger partial charge in [-0.2, -0.15) is 0 Å². The summed E-state index contributed by atoms with van der Waals surface area (Å²) >= 11 is 0. The van der Waals surface area contributed by atoms with Gasteiger partial charge in [-0.05, 0) is 0 Å². The fraction of sp³-hybridized carbons (Fsp3) is 0.333. The van der Waals surface area contributed by atoms with Crippen LogP contribution in [0.5, 0.6) is 0 Å². The zero-order valence-corrected chi connectivity index (χ0v) is 6.00. The lowest BCUT2D eigenvalue weighted by molar-refractivity contribution is -0.117. The molecule has 60 valence electrons. The fourth-order valence-electron chi connectivity index (χ4n) is 0.702. The first-order valence-corrected chi connectivity index (χ1v) is 3.25. The van der Waals surface area contributed by atoms with Crippen molar-refractivity contribution in [3.8, 4) is 0 Å². The van der Waals surface area contributed by atoms with E-state index >= 15 is 0 Å². The molecule has 1 heterocycles. The molecule has 1 aromatic heterocycles. The van der Waals surface area contributed by atoms with Gasteiger partial charge in [-0.25, -0.2) is 4.98 Å². The van der Waals surface area contributed by atoms with Crippen LogP contribution in [0.2, 0.25) is 0 Å². The second-order valence-electron chi connectivity index (χ2n) is 2.15. The normalized spacial score (nSPS) is 9.82. The summed E-state index contributed by atoms with van der Waals surface area (Å²) in [6.07, 6.45) is 3.27. The fourth-order valence-corrected chi connectivity index (χ4v) is 0.702. The maximum absolute atomic E-state index is 10.3. The number of carbonyl (C=O) groups is 1. The molecule has 0 aliphatic heterocycles. The second-order valence-corrected chi connectivity index (χ2v) is 2.15. The Balaban J connectivity index is 2.19. The number of nitrogens with zero attached hydrogens (tertiary/aromatic N) is 1. The second kappa shape index (κ2) is 3.72. The minimum atomic E-state index is -0.357. The number of imidazole rings is 1. The summed E-state index contributed by atoms with van der Waals surface area (Å²) in [6, 6.07) is 0. The minimum Gasteiger partial charge on any atom is -0.369 e. The molecule has 11 heavy (non-hydrogen) atoms. The van der Waals surface area contributed by atoms with Gasteiger partial charge in [-0.3, -0.25) is 4.79 Å². The molecule has 0 aliphatic rings. The number of nitrogens with one attached hydrogen (secondary N) is 2. The first kappa shape index (κ1) is 7.74. The largest absolute Gasteiger partial charge is 0.369 e. The molecular weight excluding hydrogens is 144 g/mol. The molecule has 5 nitrogen and oxygen atoms in total. The van der Waals surface area contributed by atoms with Crippen LogP contribution in [-0.2, 0) is 11.3 Å². The Kier molecular flexibility index (Phi) is 2.62. The van der Waals surface area contributed by atoms with Crippen molar-refractivity contribution in [3.63, 3.8) is 0 Å². The Morgan fingerprint density at radius 1 is 1.82 bits per heavy atom. The third kappa shape index (κ3) is 2.81. The van der Waals surface area contributed by atoms with Crippen molar-refractivity contribution >= 4 is 5.91 Å². The van der Waals surface area contributed by atoms with Gasteiger partial charge in [0.15, 0.2) is 0 Å². The van der Waals surface area contributed by atoms with E-state index in [-0.39, 0.29) is 12.5 Å². The van der Waals surface area contributed by atoms with Gasteiger partial charge in [-0.1, -0.05) is 0 Å². The van der Waals surface area contributed by atoms with Gasteiger partial charge in [0.2, 0.25) is 5.91 Å². The molecule has 0 bridgehead atoms. The molecule has 0 unspecified atom stereocenters. The summed E-state index contributed by atoms with van der Waals surface area (Å²) in [5.41, 5.74) is 5.84. The van der Waals surface area contributed by atoms with Crippen LogP contribution in [0.3, 0.4) is 0 Å². The van der Waals surface area contributed by atoms with Gasteiger partial charge in [0, 0.05) is 18.4 Å². The molecule has 0 radical (unpaired) electrons. The lowest BCUT2D eigenvalue weighted by Crippen LogP contribution is -2.28. The predicted molar refractivity (Wildman–Crippen MR) is 39.5 cm³/mol. The van der Waals surface area contributed by atoms with Gasteiger partial charge in [0.25, 0.3) is 0 Å². The average Bonchev–Trinajstić information content (AvgIpc) is 2.39. The van der Waals surface area contributed by atoms with E-state index in [1.54, 1.807) is 12.5 Å². The first-order chi connectivity index (χ1) is 5.29. The number of carbonyl (C=O) groups excluding carboxylic acids is 1. The Morgan fingerprint density at radius 3 is 3.18 bits per heavy atom. The highest BCUT2D eigenvalue weighted by molar-refractivity contribution is 5.75. The number of rotatable bonds is 4. The van der Waals surface area contributed by atoms with E-state index < -0.39 is 0 Å². The zero-order valence-electron chi connectivity index (χ0n) is 6.00. The van der Waals surface area contributed by atoms with Crippen molar-refractivity contribution < 1.29 is 4.79 Å². The highest BCUT2D eigenvalue weighted by Gasteiger charge is 1.94. The number of aromatic amines is 1. The zero-order chi connectivity index (χ0) is 8.10. The summed E-state index contributed by atoms with van der Waals surface area (Å²) in [6.45, 7) is 0.780. The molecule has 1 amide bonds. The Labute approximate surface area is 64.0 Å². The number of hydrogen-bond acceptors (Lipinski definition) is 3. The maximum Gasteiger partial charge on any atom is 0.231 e. The van der Waals surface area contributed by atoms with Gasteiger partial charge in [0.05, 0.1) is 12.9 Å². The van der Waals surface area contributed by atoms with Crippen molar-refractivity contribution in [2.75, 3.05) is 6.54 Å². The average molecular weight is 154 g/mol. The molecule has 0 saturated heterocycles. The SMILES string of the molecule is NC(=O)CNCc1cnc[nH]1. The summed E-state index contributed by atoms with van der Waals surface area (Å²) in [5.74, 6) is -0.357. The number of hydrogen-bond donors (Lipinski definition) is 3. The number of nitrogens with two attached hydrogens (primary N) is 1. The van der Waals surface area contributed by atoms with Crippen molar-refractivity contribution in [1.29, 1.82) is 0 Å². The molecule has 1 aromatic rings. The highest BCUT2D eigenvalue weighted by atomic mass is 16.1. The van der Waals surface area contributed by atoms with Crippen LogP contribution in [-0.4, -0.2) is 22.4 Å². The molecular formula is C6H10N4O. The third-order valence-corrected chi connectivity index (χ3v) is 1.17. The third-order valence-electron chi connectivity index (χ3n) is 1.17. The van der Waals surface area contributed by atoms with Crippen LogP contribution in [0.4, 0.5) is 0 Å². The molecule has 0 saturated carbocycles. The van der Waals surface area contributed by atoms with E-state index in [2.05, 4.69) is 15.3 Å². The highest BCUT2D eigenvalue weighted by Crippen LogP contribution is 1.87. The van der Waals surface area contributed by atoms with Crippen LogP contribution in [0, 0.1) is 0 Å². The van der Waals surface area contributed by atoms with Crippen LogP contribution in [0.25, 0.3) is 0 Å². The van der Waals surface area contributed by atoms with Gasteiger partial charge < -0.3 is 16.0 Å². The Hall–Kier alpha value is -1.36. The summed E-state index contributed by atoms with van der Waals surface area (Å²) < 4.78 is 0. The molecule has 0 aromatic carbocycles. The van der Waals surface area contributed by atoms with Crippen molar-refractivity contribution in [1.82, 2.24) is 15.3 Å². The molecule has 0 aliphatic carbocycles. The van der Waals surface area contributed by atoms with Crippen LogP contribution in [0.15, 0.2) is 12.5 Å². The predicted octanol–water partition coefficient (Wildman–Crippen LogP) is -1.02. The van der Waals surface area contributed by atoms with E-state index in [0.717, 1.165) is 5.69 Å². The number of aromatic nitrogens is 2. The summed E-state index contributed by atoms with van der Waals surface area (Å²) in [4.78, 5) is 17.0. The number of amides is 1. The monoisotopic (exact) mass is 154 g/mol. The van der Waals surface area contributed by atoms with Crippen LogP contribution < -0.4 is 11.1 Å². The minimum absolute atomic E-state index is 0.193. The van der Waals surface area contributed by atoms with E-state index in [9.17, 15) is 4.79 Å². The molecule has 1 rings (SSSR count).